The van der Waals surface area contributed by atoms with Crippen LogP contribution in [0.15, 0.2) is 29.1 Å². The first kappa shape index (κ1) is 18.6. The van der Waals surface area contributed by atoms with Crippen LogP contribution < -0.4 is 10.9 Å². The second-order valence-electron chi connectivity index (χ2n) is 8.11. The molecule has 3 aromatic rings. The third-order valence-electron chi connectivity index (χ3n) is 6.17. The van der Waals surface area contributed by atoms with E-state index in [2.05, 4.69) is 33.5 Å². The van der Waals surface area contributed by atoms with Gasteiger partial charge < -0.3 is 10.3 Å². The number of carbonyl (C=O) groups excluding carboxylic acids is 1. The van der Waals surface area contributed by atoms with E-state index in [9.17, 15) is 9.59 Å². The minimum Gasteiger partial charge on any atom is -0.349 e. The molecule has 1 aromatic carbocycles. The van der Waals surface area contributed by atoms with Crippen LogP contribution in [-0.2, 0) is 30.5 Å². The van der Waals surface area contributed by atoms with Gasteiger partial charge in [0.15, 0.2) is 0 Å². The summed E-state index contributed by atoms with van der Waals surface area (Å²) in [5, 5.41) is 3.96. The maximum absolute atomic E-state index is 12.6. The normalized spacial score (nSPS) is 18.3. The number of aryl methyl sites for hydroxylation is 4. The quantitative estimate of drug-likeness (QED) is 0.687. The van der Waals surface area contributed by atoms with Crippen molar-refractivity contribution in [3.8, 4) is 0 Å². The summed E-state index contributed by atoms with van der Waals surface area (Å²) in [4.78, 5) is 35.0. The van der Waals surface area contributed by atoms with Crippen molar-refractivity contribution in [2.75, 3.05) is 0 Å². The summed E-state index contributed by atoms with van der Waals surface area (Å²) in [5.74, 6) is 0.625. The van der Waals surface area contributed by atoms with E-state index >= 15 is 0 Å². The zero-order chi connectivity index (χ0) is 19.8. The predicted octanol–water partition coefficient (Wildman–Crippen LogP) is 3.99. The Labute approximate surface area is 173 Å². The van der Waals surface area contributed by atoms with Gasteiger partial charge in [-0.2, -0.15) is 0 Å². The molecule has 0 saturated heterocycles. The highest BCUT2D eigenvalue weighted by Crippen LogP contribution is 2.33. The summed E-state index contributed by atoms with van der Waals surface area (Å²) in [7, 11) is 0. The second kappa shape index (κ2) is 7.75. The smallest absolute Gasteiger partial charge is 0.259 e. The molecule has 0 fully saturated rings. The Morgan fingerprint density at radius 2 is 2.03 bits per heavy atom. The van der Waals surface area contributed by atoms with Crippen LogP contribution in [0.1, 0.15) is 65.5 Å². The number of hydrogen-bond acceptors (Lipinski definition) is 4. The van der Waals surface area contributed by atoms with Crippen molar-refractivity contribution in [1.82, 2.24) is 15.3 Å². The number of H-pyrrole nitrogens is 1. The van der Waals surface area contributed by atoms with Gasteiger partial charge in [0.1, 0.15) is 10.7 Å². The van der Waals surface area contributed by atoms with Gasteiger partial charge in [-0.15, -0.1) is 11.3 Å². The lowest BCUT2D eigenvalue weighted by atomic mass is 9.87. The van der Waals surface area contributed by atoms with Crippen LogP contribution in [0.25, 0.3) is 10.2 Å². The van der Waals surface area contributed by atoms with E-state index in [1.54, 1.807) is 11.3 Å². The molecular formula is C23H25N3O2S. The molecule has 5 rings (SSSR count). The van der Waals surface area contributed by atoms with E-state index in [1.165, 1.54) is 28.0 Å². The van der Waals surface area contributed by atoms with Gasteiger partial charge >= 0.3 is 0 Å². The molecule has 2 N–H and O–H groups in total. The average Bonchev–Trinajstić information content (AvgIpc) is 3.11. The van der Waals surface area contributed by atoms with Crippen LogP contribution in [0.2, 0.25) is 0 Å². The van der Waals surface area contributed by atoms with Crippen molar-refractivity contribution in [3.63, 3.8) is 0 Å². The van der Waals surface area contributed by atoms with Crippen LogP contribution in [0, 0.1) is 0 Å². The first-order valence-electron chi connectivity index (χ1n) is 10.6. The number of thiophene rings is 1. The van der Waals surface area contributed by atoms with E-state index in [4.69, 9.17) is 0 Å². The van der Waals surface area contributed by atoms with Crippen LogP contribution in [0.3, 0.4) is 0 Å². The summed E-state index contributed by atoms with van der Waals surface area (Å²) in [6.45, 7) is 0. The molecule has 2 aliphatic rings. The third-order valence-corrected chi connectivity index (χ3v) is 7.35. The highest BCUT2D eigenvalue weighted by Gasteiger charge is 2.22. The number of nitrogens with one attached hydrogen (secondary N) is 2. The van der Waals surface area contributed by atoms with Crippen molar-refractivity contribution < 1.29 is 4.79 Å². The van der Waals surface area contributed by atoms with Gasteiger partial charge in [-0.3, -0.25) is 9.59 Å². The molecule has 2 aromatic heterocycles. The monoisotopic (exact) mass is 407 g/mol. The number of rotatable bonds is 4. The van der Waals surface area contributed by atoms with Crippen LogP contribution in [0.4, 0.5) is 0 Å². The molecule has 1 atom stereocenters. The third kappa shape index (κ3) is 3.62. The fourth-order valence-corrected chi connectivity index (χ4v) is 6.01. The van der Waals surface area contributed by atoms with Crippen molar-refractivity contribution in [1.29, 1.82) is 0 Å². The first-order valence-corrected chi connectivity index (χ1v) is 11.4. The number of carbonyl (C=O) groups is 1. The summed E-state index contributed by atoms with van der Waals surface area (Å²) < 4.78 is 0. The lowest BCUT2D eigenvalue weighted by Crippen LogP contribution is -2.31. The molecule has 2 heterocycles. The Bertz CT molecular complexity index is 1130. The number of amides is 1. The standard InChI is InChI=1S/C23H25N3O2S/c27-20(24-17-10-5-7-14-6-1-2-8-15(14)17)13-12-19-25-22(28)21-16-9-3-4-11-18(16)29-23(21)26-19/h1-2,6,8,17H,3-5,7,9-13H2,(H,24,27)(H,25,26,28). The van der Waals surface area contributed by atoms with Crippen LogP contribution in [0.5, 0.6) is 0 Å². The van der Waals surface area contributed by atoms with E-state index in [-0.39, 0.29) is 17.5 Å². The zero-order valence-corrected chi connectivity index (χ0v) is 17.2. The molecule has 5 nitrogen and oxygen atoms in total. The second-order valence-corrected chi connectivity index (χ2v) is 9.20. The molecule has 0 aliphatic heterocycles. The molecule has 2 aliphatic carbocycles. The Hall–Kier alpha value is -2.47. The van der Waals surface area contributed by atoms with Crippen molar-refractivity contribution in [2.45, 2.75) is 63.8 Å². The summed E-state index contributed by atoms with van der Waals surface area (Å²) in [6, 6.07) is 8.45. The zero-order valence-electron chi connectivity index (χ0n) is 16.4. The Morgan fingerprint density at radius 1 is 1.17 bits per heavy atom. The van der Waals surface area contributed by atoms with Crippen molar-refractivity contribution in [3.05, 3.63) is 62.0 Å². The Balaban J connectivity index is 1.29. The van der Waals surface area contributed by atoms with Crippen molar-refractivity contribution in [2.24, 2.45) is 0 Å². The molecule has 150 valence electrons. The van der Waals surface area contributed by atoms with E-state index in [0.717, 1.165) is 48.7 Å². The largest absolute Gasteiger partial charge is 0.349 e. The molecule has 0 bridgehead atoms. The van der Waals surface area contributed by atoms with Gasteiger partial charge in [-0.25, -0.2) is 4.98 Å². The minimum atomic E-state index is -0.0500. The van der Waals surface area contributed by atoms with Crippen LogP contribution in [-0.4, -0.2) is 15.9 Å². The first-order chi connectivity index (χ1) is 14.2. The fraction of sp³-hybridized carbons (Fsp3) is 0.435. The highest BCUT2D eigenvalue weighted by molar-refractivity contribution is 7.18. The molecule has 29 heavy (non-hydrogen) atoms. The Morgan fingerprint density at radius 3 is 2.97 bits per heavy atom. The van der Waals surface area contributed by atoms with Gasteiger partial charge in [0, 0.05) is 17.7 Å². The summed E-state index contributed by atoms with van der Waals surface area (Å²) >= 11 is 1.65. The number of hydrogen-bond donors (Lipinski definition) is 2. The van der Waals surface area contributed by atoms with Gasteiger partial charge in [-0.1, -0.05) is 24.3 Å². The van der Waals surface area contributed by atoms with Gasteiger partial charge in [-0.05, 0) is 61.6 Å². The van der Waals surface area contributed by atoms with Gasteiger partial charge in [0.2, 0.25) is 5.91 Å². The van der Waals surface area contributed by atoms with Gasteiger partial charge in [0.05, 0.1) is 11.4 Å². The van der Waals surface area contributed by atoms with E-state index in [0.29, 0.717) is 18.7 Å². The number of nitrogens with zero attached hydrogens (tertiary/aromatic N) is 1. The SMILES string of the molecule is O=C(CCc1nc2sc3c(c2c(=O)[nH]1)CCCC3)NC1CCCc2ccccc21. The fourth-order valence-electron chi connectivity index (χ4n) is 4.73. The number of benzene rings is 1. The maximum atomic E-state index is 12.6. The lowest BCUT2D eigenvalue weighted by molar-refractivity contribution is -0.121. The topological polar surface area (TPSA) is 74.8 Å². The molecule has 0 spiro atoms. The summed E-state index contributed by atoms with van der Waals surface area (Å²) in [5.41, 5.74) is 3.72. The van der Waals surface area contributed by atoms with E-state index in [1.807, 2.05) is 6.07 Å². The van der Waals surface area contributed by atoms with Crippen molar-refractivity contribution >= 4 is 27.5 Å². The number of fused-ring (bicyclic) bond motifs is 4. The van der Waals surface area contributed by atoms with Gasteiger partial charge in [0.25, 0.3) is 5.56 Å². The average molecular weight is 408 g/mol. The number of aromatic nitrogens is 2. The molecule has 0 radical (unpaired) electrons. The molecule has 0 saturated carbocycles. The number of aromatic amines is 1. The lowest BCUT2D eigenvalue weighted by Gasteiger charge is -2.26. The summed E-state index contributed by atoms with van der Waals surface area (Å²) in [6.07, 6.45) is 8.30. The highest BCUT2D eigenvalue weighted by atomic mass is 32.1. The minimum absolute atomic E-state index is 0.0138. The molecular weight excluding hydrogens is 382 g/mol. The predicted molar refractivity (Wildman–Crippen MR) is 115 cm³/mol. The Kier molecular flexibility index (Phi) is 4.96. The molecule has 1 amide bonds. The maximum Gasteiger partial charge on any atom is 0.259 e. The molecule has 6 heteroatoms. The van der Waals surface area contributed by atoms with E-state index < -0.39 is 0 Å². The van der Waals surface area contributed by atoms with Crippen LogP contribution >= 0.6 is 11.3 Å². The molecule has 1 unspecified atom stereocenters.